The van der Waals surface area contributed by atoms with Crippen LogP contribution in [-0.2, 0) is 14.8 Å². The summed E-state index contributed by atoms with van der Waals surface area (Å²) in [5, 5.41) is 5.81. The van der Waals surface area contributed by atoms with Crippen LogP contribution in [0.5, 0.6) is 0 Å². The van der Waals surface area contributed by atoms with Crippen LogP contribution < -0.4 is 5.32 Å². The van der Waals surface area contributed by atoms with Crippen LogP contribution in [0.25, 0.3) is 21.0 Å². The summed E-state index contributed by atoms with van der Waals surface area (Å²) in [4.78, 5) is 19.9. The second-order valence-corrected chi connectivity index (χ2v) is 10.9. The number of aromatic nitrogens is 1. The smallest absolute Gasteiger partial charge is 0.285 e. The van der Waals surface area contributed by atoms with Crippen molar-refractivity contribution in [1.29, 1.82) is 0 Å². The molecule has 0 bridgehead atoms. The number of amidine groups is 1. The monoisotopic (exact) mass is 476 g/mol. The summed E-state index contributed by atoms with van der Waals surface area (Å²) in [5.74, 6) is 0.292. The maximum atomic E-state index is 12.9. The Bertz CT molecular complexity index is 1550. The number of anilines is 1. The average Bonchev–Trinajstić information content (AvgIpc) is 3.37. The van der Waals surface area contributed by atoms with Gasteiger partial charge < -0.3 is 10.2 Å². The van der Waals surface area contributed by atoms with Gasteiger partial charge in [-0.3, -0.25) is 4.79 Å². The molecule has 4 aromatic rings. The Hall–Kier alpha value is -3.30. The molecule has 0 saturated carbocycles. The van der Waals surface area contributed by atoms with Crippen LogP contribution in [0.3, 0.4) is 0 Å². The Morgan fingerprint density at radius 3 is 2.61 bits per heavy atom. The van der Waals surface area contributed by atoms with E-state index in [1.54, 1.807) is 18.2 Å². The number of nitrogens with zero attached hydrogens (tertiary/aromatic N) is 3. The van der Waals surface area contributed by atoms with Gasteiger partial charge in [-0.1, -0.05) is 53.8 Å². The highest BCUT2D eigenvalue weighted by atomic mass is 32.2. The standard InChI is InChI=1S/C24H20N4O3S2/c29-23(26-24-25-21-17-6-2-1-5-15(17)9-10-19(21)32-24)16-11-13-28(14-12-16)22-18-7-3-4-8-20(18)33(30,31)27-22/h1-10,16H,11-14H2,(H,25,26,29). The lowest BCUT2D eigenvalue weighted by atomic mass is 9.95. The number of carbonyl (C=O) groups is 1. The SMILES string of the molecule is O=C(Nc1nc2c(ccc3ccccc32)s1)C1CCN(C2=NS(=O)(=O)c3ccccc32)CC1. The van der Waals surface area contributed by atoms with Crippen molar-refractivity contribution in [3.05, 3.63) is 66.2 Å². The van der Waals surface area contributed by atoms with E-state index in [2.05, 4.69) is 26.8 Å². The lowest BCUT2D eigenvalue weighted by Crippen LogP contribution is -2.41. The summed E-state index contributed by atoms with van der Waals surface area (Å²) < 4.78 is 29.8. The summed E-state index contributed by atoms with van der Waals surface area (Å²) >= 11 is 1.48. The summed E-state index contributed by atoms with van der Waals surface area (Å²) in [7, 11) is -3.64. The third-order valence-electron chi connectivity index (χ3n) is 6.29. The van der Waals surface area contributed by atoms with Gasteiger partial charge in [-0.05, 0) is 36.4 Å². The van der Waals surface area contributed by atoms with Crippen molar-refractivity contribution in [2.45, 2.75) is 17.7 Å². The van der Waals surface area contributed by atoms with Crippen molar-refractivity contribution >= 4 is 59.2 Å². The Morgan fingerprint density at radius 2 is 1.76 bits per heavy atom. The number of hydrogen-bond donors (Lipinski definition) is 1. The number of benzene rings is 3. The third-order valence-corrected chi connectivity index (χ3v) is 8.55. The van der Waals surface area contributed by atoms with Crippen molar-refractivity contribution in [3.63, 3.8) is 0 Å². The number of carbonyl (C=O) groups excluding carboxylic acids is 1. The highest BCUT2D eigenvalue weighted by Gasteiger charge is 2.34. The van der Waals surface area contributed by atoms with Crippen molar-refractivity contribution in [2.75, 3.05) is 18.4 Å². The van der Waals surface area contributed by atoms with Crippen LogP contribution in [0.4, 0.5) is 5.13 Å². The molecule has 0 radical (unpaired) electrons. The average molecular weight is 477 g/mol. The molecule has 3 aromatic carbocycles. The molecule has 0 aliphatic carbocycles. The number of thiazole rings is 1. The fourth-order valence-corrected chi connectivity index (χ4v) is 6.71. The number of sulfonamides is 1. The minimum atomic E-state index is -3.64. The van der Waals surface area contributed by atoms with Crippen LogP contribution in [0.2, 0.25) is 0 Å². The summed E-state index contributed by atoms with van der Waals surface area (Å²) in [6.07, 6.45) is 1.25. The fraction of sp³-hybridized carbons (Fsp3) is 0.208. The lowest BCUT2D eigenvalue weighted by molar-refractivity contribution is -0.120. The second-order valence-electron chi connectivity index (χ2n) is 8.29. The molecule has 7 nitrogen and oxygen atoms in total. The Kier molecular flexibility index (Phi) is 4.70. The molecular formula is C24H20N4O3S2. The van der Waals surface area contributed by atoms with Crippen molar-refractivity contribution < 1.29 is 13.2 Å². The zero-order chi connectivity index (χ0) is 22.6. The molecule has 2 aliphatic rings. The van der Waals surface area contributed by atoms with Crippen LogP contribution in [-0.4, -0.2) is 43.1 Å². The van der Waals surface area contributed by atoms with Crippen LogP contribution in [0.1, 0.15) is 18.4 Å². The van der Waals surface area contributed by atoms with Gasteiger partial charge in [0, 0.05) is 30.0 Å². The summed E-state index contributed by atoms with van der Waals surface area (Å²) in [5.41, 5.74) is 1.55. The van der Waals surface area contributed by atoms with Crippen LogP contribution >= 0.6 is 11.3 Å². The Balaban J connectivity index is 1.16. The zero-order valence-electron chi connectivity index (χ0n) is 17.6. The molecule has 3 heterocycles. The van der Waals surface area contributed by atoms with E-state index in [1.807, 2.05) is 35.2 Å². The van der Waals surface area contributed by atoms with Gasteiger partial charge in [0.25, 0.3) is 10.0 Å². The molecule has 33 heavy (non-hydrogen) atoms. The molecule has 0 unspecified atom stereocenters. The maximum absolute atomic E-state index is 12.9. The summed E-state index contributed by atoms with van der Waals surface area (Å²) in [6.45, 7) is 1.15. The lowest BCUT2D eigenvalue weighted by Gasteiger charge is -2.32. The molecule has 2 aliphatic heterocycles. The van der Waals surface area contributed by atoms with Gasteiger partial charge in [-0.25, -0.2) is 4.98 Å². The molecule has 9 heteroatoms. The van der Waals surface area contributed by atoms with Gasteiger partial charge in [0.15, 0.2) is 11.0 Å². The predicted octanol–water partition coefficient (Wildman–Crippen LogP) is 4.25. The zero-order valence-corrected chi connectivity index (χ0v) is 19.2. The number of fused-ring (bicyclic) bond motifs is 4. The first-order chi connectivity index (χ1) is 16.0. The van der Waals surface area contributed by atoms with Crippen molar-refractivity contribution in [2.24, 2.45) is 10.3 Å². The van der Waals surface area contributed by atoms with Gasteiger partial charge in [-0.2, -0.15) is 8.42 Å². The van der Waals surface area contributed by atoms with Crippen LogP contribution in [0.15, 0.2) is 70.0 Å². The Labute approximate surface area is 194 Å². The predicted molar refractivity (Wildman–Crippen MR) is 130 cm³/mol. The number of nitrogens with one attached hydrogen (secondary N) is 1. The fourth-order valence-electron chi connectivity index (χ4n) is 4.59. The number of rotatable bonds is 2. The summed E-state index contributed by atoms with van der Waals surface area (Å²) in [6, 6.07) is 19.1. The first-order valence-corrected chi connectivity index (χ1v) is 13.0. The molecule has 1 fully saturated rings. The van der Waals surface area contributed by atoms with Gasteiger partial charge in [-0.15, -0.1) is 4.40 Å². The van der Waals surface area contributed by atoms with E-state index in [1.165, 1.54) is 11.3 Å². The first-order valence-electron chi connectivity index (χ1n) is 10.8. The van der Waals surface area contributed by atoms with E-state index < -0.39 is 10.0 Å². The van der Waals surface area contributed by atoms with E-state index in [-0.39, 0.29) is 16.7 Å². The van der Waals surface area contributed by atoms with Crippen molar-refractivity contribution in [1.82, 2.24) is 9.88 Å². The topological polar surface area (TPSA) is 91.7 Å². The molecule has 166 valence electrons. The minimum Gasteiger partial charge on any atom is -0.355 e. The number of amides is 1. The largest absolute Gasteiger partial charge is 0.355 e. The van der Waals surface area contributed by atoms with E-state index in [0.29, 0.717) is 42.5 Å². The van der Waals surface area contributed by atoms with Crippen LogP contribution in [0, 0.1) is 5.92 Å². The molecule has 6 rings (SSSR count). The number of hydrogen-bond acceptors (Lipinski definition) is 6. The molecule has 0 spiro atoms. The maximum Gasteiger partial charge on any atom is 0.285 e. The van der Waals surface area contributed by atoms with E-state index in [0.717, 1.165) is 21.0 Å². The molecule has 0 atom stereocenters. The molecular weight excluding hydrogens is 456 g/mol. The van der Waals surface area contributed by atoms with Gasteiger partial charge >= 0.3 is 0 Å². The van der Waals surface area contributed by atoms with E-state index >= 15 is 0 Å². The van der Waals surface area contributed by atoms with Crippen molar-refractivity contribution in [3.8, 4) is 0 Å². The normalized spacial score (nSPS) is 17.8. The van der Waals surface area contributed by atoms with Gasteiger partial charge in [0.1, 0.15) is 4.90 Å². The molecule has 1 amide bonds. The van der Waals surface area contributed by atoms with E-state index in [9.17, 15) is 13.2 Å². The number of likely N-dealkylation sites (tertiary alicyclic amines) is 1. The first kappa shape index (κ1) is 20.3. The minimum absolute atomic E-state index is 0.0422. The molecule has 1 N–H and O–H groups in total. The highest BCUT2D eigenvalue weighted by molar-refractivity contribution is 7.90. The Morgan fingerprint density at radius 1 is 1.00 bits per heavy atom. The van der Waals surface area contributed by atoms with Gasteiger partial charge in [0.2, 0.25) is 5.91 Å². The van der Waals surface area contributed by atoms with Gasteiger partial charge in [0.05, 0.1) is 10.2 Å². The third kappa shape index (κ3) is 3.48. The molecule has 1 aromatic heterocycles. The second kappa shape index (κ2) is 7.64. The van der Waals surface area contributed by atoms with E-state index in [4.69, 9.17) is 0 Å². The molecule has 1 saturated heterocycles. The number of piperidine rings is 1. The quantitative estimate of drug-likeness (QED) is 0.467. The highest BCUT2D eigenvalue weighted by Crippen LogP contribution is 2.33.